The standard InChI is InChI=1S/C16H29N3O/c1-18(2)10-4-11-19(3)12-5-13-20-16-8-6-15(14-17)7-9-16/h6-9H,4-5,10-14,17H2,1-3H3. The summed E-state index contributed by atoms with van der Waals surface area (Å²) in [4.78, 5) is 4.59. The van der Waals surface area contributed by atoms with Crippen LogP contribution in [0.25, 0.3) is 0 Å². The van der Waals surface area contributed by atoms with E-state index >= 15 is 0 Å². The zero-order chi connectivity index (χ0) is 14.8. The van der Waals surface area contributed by atoms with Crippen molar-refractivity contribution >= 4 is 0 Å². The number of ether oxygens (including phenoxy) is 1. The maximum atomic E-state index is 5.72. The average molecular weight is 279 g/mol. The fourth-order valence-corrected chi connectivity index (χ4v) is 2.01. The quantitative estimate of drug-likeness (QED) is 0.663. The first-order chi connectivity index (χ1) is 9.61. The summed E-state index contributed by atoms with van der Waals surface area (Å²) in [5, 5.41) is 0. The molecule has 0 aliphatic heterocycles. The second-order valence-electron chi connectivity index (χ2n) is 5.51. The van der Waals surface area contributed by atoms with Gasteiger partial charge in [-0.2, -0.15) is 0 Å². The van der Waals surface area contributed by atoms with Crippen LogP contribution in [0.2, 0.25) is 0 Å². The van der Waals surface area contributed by atoms with Gasteiger partial charge >= 0.3 is 0 Å². The Kier molecular flexibility index (Phi) is 8.26. The van der Waals surface area contributed by atoms with Crippen molar-refractivity contribution in [2.24, 2.45) is 5.73 Å². The van der Waals surface area contributed by atoms with Gasteiger partial charge in [0.05, 0.1) is 6.61 Å². The van der Waals surface area contributed by atoms with Crippen molar-refractivity contribution in [1.82, 2.24) is 9.80 Å². The molecule has 4 heteroatoms. The molecule has 0 unspecified atom stereocenters. The highest BCUT2D eigenvalue weighted by Gasteiger charge is 2.00. The van der Waals surface area contributed by atoms with Crippen molar-refractivity contribution in [3.05, 3.63) is 29.8 Å². The monoisotopic (exact) mass is 279 g/mol. The molecule has 1 rings (SSSR count). The number of nitrogens with two attached hydrogens (primary N) is 1. The lowest BCUT2D eigenvalue weighted by Crippen LogP contribution is -2.25. The smallest absolute Gasteiger partial charge is 0.119 e. The molecule has 0 saturated carbocycles. The van der Waals surface area contributed by atoms with Gasteiger partial charge in [0, 0.05) is 13.1 Å². The van der Waals surface area contributed by atoms with Gasteiger partial charge in [0.25, 0.3) is 0 Å². The van der Waals surface area contributed by atoms with E-state index in [1.807, 2.05) is 24.3 Å². The summed E-state index contributed by atoms with van der Waals surface area (Å²) in [7, 11) is 6.40. The summed E-state index contributed by atoms with van der Waals surface area (Å²) in [6, 6.07) is 8.01. The molecule has 0 saturated heterocycles. The molecule has 1 aromatic rings. The minimum Gasteiger partial charge on any atom is -0.494 e. The Balaban J connectivity index is 2.08. The molecule has 114 valence electrons. The molecule has 0 heterocycles. The first-order valence-electron chi connectivity index (χ1n) is 7.37. The molecule has 0 fully saturated rings. The first kappa shape index (κ1) is 17.0. The Bertz CT molecular complexity index is 351. The molecular formula is C16H29N3O. The van der Waals surface area contributed by atoms with E-state index in [1.54, 1.807) is 0 Å². The van der Waals surface area contributed by atoms with Gasteiger partial charge in [0.2, 0.25) is 0 Å². The van der Waals surface area contributed by atoms with Crippen molar-refractivity contribution in [3.8, 4) is 5.75 Å². The lowest BCUT2D eigenvalue weighted by Gasteiger charge is -2.18. The summed E-state index contributed by atoms with van der Waals surface area (Å²) < 4.78 is 5.72. The molecule has 20 heavy (non-hydrogen) atoms. The maximum absolute atomic E-state index is 5.72. The fourth-order valence-electron chi connectivity index (χ4n) is 2.01. The number of nitrogens with zero attached hydrogens (tertiary/aromatic N) is 2. The molecular weight excluding hydrogens is 250 g/mol. The highest BCUT2D eigenvalue weighted by atomic mass is 16.5. The topological polar surface area (TPSA) is 41.7 Å². The molecule has 0 radical (unpaired) electrons. The van der Waals surface area contributed by atoms with Gasteiger partial charge in [0.15, 0.2) is 0 Å². The van der Waals surface area contributed by atoms with E-state index in [9.17, 15) is 0 Å². The van der Waals surface area contributed by atoms with Crippen molar-refractivity contribution in [3.63, 3.8) is 0 Å². The molecule has 0 bridgehead atoms. The minimum absolute atomic E-state index is 0.581. The van der Waals surface area contributed by atoms with Gasteiger partial charge in [-0.05, 0) is 64.8 Å². The molecule has 2 N–H and O–H groups in total. The SMILES string of the molecule is CN(C)CCCN(C)CCCOc1ccc(CN)cc1. The Hall–Kier alpha value is -1.10. The first-order valence-corrected chi connectivity index (χ1v) is 7.37. The summed E-state index contributed by atoms with van der Waals surface area (Å²) in [5.74, 6) is 0.928. The van der Waals surface area contributed by atoms with Crippen molar-refractivity contribution in [1.29, 1.82) is 0 Å². The molecule has 0 atom stereocenters. The Morgan fingerprint density at radius 2 is 1.60 bits per heavy atom. The van der Waals surface area contributed by atoms with Crippen molar-refractivity contribution < 1.29 is 4.74 Å². The number of hydrogen-bond donors (Lipinski definition) is 1. The molecule has 0 amide bonds. The third kappa shape index (κ3) is 7.48. The predicted molar refractivity (Wildman–Crippen MR) is 85.1 cm³/mol. The van der Waals surface area contributed by atoms with E-state index < -0.39 is 0 Å². The zero-order valence-electron chi connectivity index (χ0n) is 13.1. The molecule has 0 spiro atoms. The van der Waals surface area contributed by atoms with Crippen molar-refractivity contribution in [2.75, 3.05) is 47.4 Å². The van der Waals surface area contributed by atoms with E-state index in [0.717, 1.165) is 44.0 Å². The van der Waals surface area contributed by atoms with Gasteiger partial charge < -0.3 is 20.3 Å². The van der Waals surface area contributed by atoms with Crippen LogP contribution in [0.4, 0.5) is 0 Å². The number of benzene rings is 1. The van der Waals surface area contributed by atoms with E-state index in [4.69, 9.17) is 10.5 Å². The van der Waals surface area contributed by atoms with E-state index in [2.05, 4.69) is 30.9 Å². The van der Waals surface area contributed by atoms with Crippen LogP contribution in [0.5, 0.6) is 5.75 Å². The van der Waals surface area contributed by atoms with Crippen LogP contribution in [0.3, 0.4) is 0 Å². The van der Waals surface area contributed by atoms with Gasteiger partial charge in [-0.25, -0.2) is 0 Å². The van der Waals surface area contributed by atoms with Crippen LogP contribution in [0, 0.1) is 0 Å². The van der Waals surface area contributed by atoms with E-state index in [-0.39, 0.29) is 0 Å². The lowest BCUT2D eigenvalue weighted by molar-refractivity contribution is 0.254. The fraction of sp³-hybridized carbons (Fsp3) is 0.625. The molecule has 4 nitrogen and oxygen atoms in total. The lowest BCUT2D eigenvalue weighted by atomic mass is 10.2. The molecule has 0 aromatic heterocycles. The summed E-state index contributed by atoms with van der Waals surface area (Å²) in [5.41, 5.74) is 6.70. The summed E-state index contributed by atoms with van der Waals surface area (Å²) in [6.07, 6.45) is 2.27. The molecule has 0 aliphatic rings. The van der Waals surface area contributed by atoms with Gasteiger partial charge in [0.1, 0.15) is 5.75 Å². The summed E-state index contributed by atoms with van der Waals surface area (Å²) in [6.45, 7) is 4.71. The van der Waals surface area contributed by atoms with Crippen LogP contribution in [-0.2, 0) is 6.54 Å². The largest absolute Gasteiger partial charge is 0.494 e. The normalized spacial score (nSPS) is 11.3. The van der Waals surface area contributed by atoms with Crippen LogP contribution in [0.15, 0.2) is 24.3 Å². The number of hydrogen-bond acceptors (Lipinski definition) is 4. The Morgan fingerprint density at radius 1 is 0.950 bits per heavy atom. The van der Waals surface area contributed by atoms with Gasteiger partial charge in [-0.1, -0.05) is 12.1 Å². The highest BCUT2D eigenvalue weighted by Crippen LogP contribution is 2.11. The third-order valence-electron chi connectivity index (χ3n) is 3.26. The van der Waals surface area contributed by atoms with Crippen LogP contribution >= 0.6 is 0 Å². The minimum atomic E-state index is 0.581. The zero-order valence-corrected chi connectivity index (χ0v) is 13.1. The third-order valence-corrected chi connectivity index (χ3v) is 3.26. The van der Waals surface area contributed by atoms with E-state index in [1.165, 1.54) is 6.42 Å². The average Bonchev–Trinajstić information content (AvgIpc) is 2.44. The number of rotatable bonds is 10. The van der Waals surface area contributed by atoms with Crippen LogP contribution < -0.4 is 10.5 Å². The summed E-state index contributed by atoms with van der Waals surface area (Å²) >= 11 is 0. The predicted octanol–water partition coefficient (Wildman–Crippen LogP) is 1.80. The Morgan fingerprint density at radius 3 is 2.20 bits per heavy atom. The molecule has 1 aromatic carbocycles. The maximum Gasteiger partial charge on any atom is 0.119 e. The second kappa shape index (κ2) is 9.75. The molecule has 0 aliphatic carbocycles. The van der Waals surface area contributed by atoms with Crippen LogP contribution in [-0.4, -0.2) is 57.2 Å². The van der Waals surface area contributed by atoms with Crippen LogP contribution in [0.1, 0.15) is 18.4 Å². The Labute approximate surface area is 123 Å². The van der Waals surface area contributed by atoms with Gasteiger partial charge in [-0.15, -0.1) is 0 Å². The van der Waals surface area contributed by atoms with E-state index in [0.29, 0.717) is 6.54 Å². The van der Waals surface area contributed by atoms with Gasteiger partial charge in [-0.3, -0.25) is 0 Å². The van der Waals surface area contributed by atoms with Crippen molar-refractivity contribution in [2.45, 2.75) is 19.4 Å². The second-order valence-corrected chi connectivity index (χ2v) is 5.51. The highest BCUT2D eigenvalue weighted by molar-refractivity contribution is 5.26.